The Bertz CT molecular complexity index is 568. The minimum Gasteiger partial charge on any atom is -0.299 e. The van der Waals surface area contributed by atoms with Gasteiger partial charge in [-0.25, -0.2) is 0 Å². The number of hydrogen-bond donors (Lipinski definition) is 0. The Kier molecular flexibility index (Phi) is 3.23. The van der Waals surface area contributed by atoms with E-state index >= 15 is 0 Å². The smallest absolute Gasteiger partial charge is 0.139 e. The fraction of sp³-hybridized carbons (Fsp3) is 0.762. The second kappa shape index (κ2) is 4.82. The average molecular weight is 298 g/mol. The summed E-state index contributed by atoms with van der Waals surface area (Å²) in [6, 6.07) is 0. The maximum Gasteiger partial charge on any atom is 0.139 e. The number of allylic oxidation sites excluding steroid dienone is 4. The van der Waals surface area contributed by atoms with E-state index in [2.05, 4.69) is 32.9 Å². The fourth-order valence-electron chi connectivity index (χ4n) is 6.69. The zero-order valence-corrected chi connectivity index (χ0v) is 14.5. The van der Waals surface area contributed by atoms with Gasteiger partial charge in [-0.05, 0) is 80.6 Å². The van der Waals surface area contributed by atoms with Crippen LogP contribution in [0.25, 0.3) is 0 Å². The van der Waals surface area contributed by atoms with Crippen LogP contribution in [0.15, 0.2) is 23.3 Å². The normalized spacial score (nSPS) is 47.2. The van der Waals surface area contributed by atoms with Crippen molar-refractivity contribution < 1.29 is 4.79 Å². The molecule has 0 bridgehead atoms. The van der Waals surface area contributed by atoms with E-state index in [1.54, 1.807) is 11.1 Å². The van der Waals surface area contributed by atoms with Crippen molar-refractivity contribution in [2.45, 2.75) is 72.1 Å². The summed E-state index contributed by atoms with van der Waals surface area (Å²) in [4.78, 5) is 12.6. The quantitative estimate of drug-likeness (QED) is 0.628. The van der Waals surface area contributed by atoms with Crippen LogP contribution < -0.4 is 0 Å². The van der Waals surface area contributed by atoms with E-state index in [9.17, 15) is 4.79 Å². The van der Waals surface area contributed by atoms with Crippen LogP contribution in [0.1, 0.15) is 72.1 Å². The van der Waals surface area contributed by atoms with Gasteiger partial charge in [0.15, 0.2) is 0 Å². The summed E-state index contributed by atoms with van der Waals surface area (Å²) in [5.41, 5.74) is 3.61. The zero-order chi connectivity index (χ0) is 15.5. The minimum absolute atomic E-state index is 0.0588. The first-order valence-corrected chi connectivity index (χ1v) is 9.42. The van der Waals surface area contributed by atoms with Gasteiger partial charge in [0.2, 0.25) is 0 Å². The molecule has 0 aromatic heterocycles. The molecule has 5 atom stereocenters. The van der Waals surface area contributed by atoms with Crippen molar-refractivity contribution in [2.75, 3.05) is 0 Å². The third-order valence-corrected chi connectivity index (χ3v) is 8.04. The zero-order valence-electron chi connectivity index (χ0n) is 14.5. The number of hydrogen-bond acceptors (Lipinski definition) is 1. The van der Waals surface area contributed by atoms with Crippen LogP contribution >= 0.6 is 0 Å². The molecule has 4 aliphatic carbocycles. The summed E-state index contributed by atoms with van der Waals surface area (Å²) in [5.74, 6) is 2.84. The monoisotopic (exact) mass is 298 g/mol. The van der Waals surface area contributed by atoms with E-state index < -0.39 is 0 Å². The lowest BCUT2D eigenvalue weighted by Gasteiger charge is -2.56. The molecule has 0 aliphatic heterocycles. The van der Waals surface area contributed by atoms with Gasteiger partial charge in [-0.1, -0.05) is 31.6 Å². The lowest BCUT2D eigenvalue weighted by molar-refractivity contribution is -0.133. The molecule has 0 radical (unpaired) electrons. The van der Waals surface area contributed by atoms with E-state index in [0.29, 0.717) is 17.1 Å². The largest absolute Gasteiger partial charge is 0.299 e. The molecule has 0 saturated heterocycles. The molecule has 0 aromatic rings. The SMILES string of the molecule is CC[C@]12CCC3[C@@H](CC=C4C=C(C)CC[C@@]43C)C1CCC2=O. The minimum atomic E-state index is 0.0588. The summed E-state index contributed by atoms with van der Waals surface area (Å²) in [7, 11) is 0. The predicted molar refractivity (Wildman–Crippen MR) is 90.5 cm³/mol. The maximum atomic E-state index is 12.6. The summed E-state index contributed by atoms with van der Waals surface area (Å²) >= 11 is 0. The van der Waals surface area contributed by atoms with E-state index in [0.717, 1.165) is 24.7 Å². The van der Waals surface area contributed by atoms with E-state index in [4.69, 9.17) is 0 Å². The highest BCUT2D eigenvalue weighted by Gasteiger charge is 2.59. The molecule has 0 spiro atoms. The summed E-state index contributed by atoms with van der Waals surface area (Å²) in [6.45, 7) is 7.06. The van der Waals surface area contributed by atoms with Crippen molar-refractivity contribution in [3.63, 3.8) is 0 Å². The number of carbonyl (C=O) groups is 1. The molecule has 0 aromatic carbocycles. The first-order chi connectivity index (χ1) is 10.5. The summed E-state index contributed by atoms with van der Waals surface area (Å²) in [5, 5.41) is 0. The first-order valence-electron chi connectivity index (χ1n) is 9.42. The molecular weight excluding hydrogens is 268 g/mol. The first kappa shape index (κ1) is 14.7. The second-order valence-corrected chi connectivity index (χ2v) is 8.69. The molecule has 0 heterocycles. The van der Waals surface area contributed by atoms with Gasteiger partial charge in [-0.15, -0.1) is 0 Å². The fourth-order valence-corrected chi connectivity index (χ4v) is 6.69. The van der Waals surface area contributed by atoms with Crippen LogP contribution in [0, 0.1) is 28.6 Å². The number of ketones is 1. The number of carbonyl (C=O) groups excluding carboxylic acids is 1. The van der Waals surface area contributed by atoms with Gasteiger partial charge < -0.3 is 0 Å². The van der Waals surface area contributed by atoms with Crippen molar-refractivity contribution in [2.24, 2.45) is 28.6 Å². The van der Waals surface area contributed by atoms with Crippen LogP contribution in [0.5, 0.6) is 0 Å². The van der Waals surface area contributed by atoms with Crippen LogP contribution in [0.4, 0.5) is 0 Å². The molecule has 0 N–H and O–H groups in total. The predicted octanol–water partition coefficient (Wildman–Crippen LogP) is 5.46. The van der Waals surface area contributed by atoms with Gasteiger partial charge in [0.05, 0.1) is 0 Å². The van der Waals surface area contributed by atoms with Crippen LogP contribution in [-0.2, 0) is 4.79 Å². The van der Waals surface area contributed by atoms with Crippen molar-refractivity contribution in [3.8, 4) is 0 Å². The third kappa shape index (κ3) is 1.74. The Balaban J connectivity index is 1.73. The highest BCUT2D eigenvalue weighted by atomic mass is 16.1. The molecule has 2 saturated carbocycles. The molecule has 4 rings (SSSR count). The highest BCUT2D eigenvalue weighted by molar-refractivity contribution is 5.87. The van der Waals surface area contributed by atoms with Gasteiger partial charge in [-0.3, -0.25) is 4.79 Å². The molecule has 120 valence electrons. The average Bonchev–Trinajstić information content (AvgIpc) is 2.86. The maximum absolute atomic E-state index is 12.6. The van der Waals surface area contributed by atoms with Gasteiger partial charge in [0.25, 0.3) is 0 Å². The number of rotatable bonds is 1. The van der Waals surface area contributed by atoms with Gasteiger partial charge >= 0.3 is 0 Å². The molecule has 22 heavy (non-hydrogen) atoms. The lowest BCUT2D eigenvalue weighted by Crippen LogP contribution is -2.50. The second-order valence-electron chi connectivity index (χ2n) is 8.69. The third-order valence-electron chi connectivity index (χ3n) is 8.04. The standard InChI is InChI=1S/C21H30O/c1-4-21-12-10-17-16(18(21)7-8-19(21)22)6-5-15-13-14(2)9-11-20(15,17)3/h5,13,16-18H,4,6-12H2,1-3H3/t16-,17?,18?,20+,21+/m1/s1. The lowest BCUT2D eigenvalue weighted by atomic mass is 9.48. The Labute approximate surface area is 135 Å². The summed E-state index contributed by atoms with van der Waals surface area (Å²) < 4.78 is 0. The Morgan fingerprint density at radius 1 is 1.18 bits per heavy atom. The van der Waals surface area contributed by atoms with E-state index in [-0.39, 0.29) is 5.41 Å². The molecule has 1 heteroatoms. The molecule has 2 fully saturated rings. The van der Waals surface area contributed by atoms with Crippen molar-refractivity contribution >= 4 is 5.78 Å². The summed E-state index contributed by atoms with van der Waals surface area (Å²) in [6.07, 6.45) is 14.4. The molecule has 1 nitrogen and oxygen atoms in total. The highest BCUT2D eigenvalue weighted by Crippen LogP contribution is 2.64. The van der Waals surface area contributed by atoms with Crippen molar-refractivity contribution in [1.82, 2.24) is 0 Å². The Morgan fingerprint density at radius 2 is 2.00 bits per heavy atom. The van der Waals surface area contributed by atoms with Gasteiger partial charge in [-0.2, -0.15) is 0 Å². The van der Waals surface area contributed by atoms with Crippen LogP contribution in [0.2, 0.25) is 0 Å². The van der Waals surface area contributed by atoms with Crippen LogP contribution in [-0.4, -0.2) is 5.78 Å². The molecule has 0 amide bonds. The number of Topliss-reactive ketones (excluding diaryl/α,β-unsaturated/α-hetero) is 1. The molecule has 4 aliphatic rings. The Morgan fingerprint density at radius 3 is 2.77 bits per heavy atom. The van der Waals surface area contributed by atoms with Crippen molar-refractivity contribution in [3.05, 3.63) is 23.3 Å². The Hall–Kier alpha value is -0.850. The van der Waals surface area contributed by atoms with Gasteiger partial charge in [0.1, 0.15) is 5.78 Å². The van der Waals surface area contributed by atoms with E-state index in [1.165, 1.54) is 38.5 Å². The van der Waals surface area contributed by atoms with E-state index in [1.807, 2.05) is 0 Å². The van der Waals surface area contributed by atoms with Gasteiger partial charge in [0, 0.05) is 11.8 Å². The van der Waals surface area contributed by atoms with Crippen LogP contribution in [0.3, 0.4) is 0 Å². The molecular formula is C21H30O. The topological polar surface area (TPSA) is 17.1 Å². The number of fused-ring (bicyclic) bond motifs is 5. The molecule has 2 unspecified atom stereocenters. The van der Waals surface area contributed by atoms with Crippen molar-refractivity contribution in [1.29, 1.82) is 0 Å².